The van der Waals surface area contributed by atoms with Crippen LogP contribution in [0, 0.1) is 5.92 Å². The highest BCUT2D eigenvalue weighted by molar-refractivity contribution is 5.48. The lowest BCUT2D eigenvalue weighted by Gasteiger charge is -2.02. The summed E-state index contributed by atoms with van der Waals surface area (Å²) in [6.07, 6.45) is 3.89. The van der Waals surface area contributed by atoms with Crippen LogP contribution in [0.2, 0.25) is 0 Å². The largest absolute Gasteiger partial charge is 0.284 e. The van der Waals surface area contributed by atoms with E-state index in [-0.39, 0.29) is 0 Å². The minimum Gasteiger partial charge on any atom is -0.197 e. The molecule has 0 spiro atoms. The molecule has 2 heterocycles. The van der Waals surface area contributed by atoms with Crippen LogP contribution in [0.15, 0.2) is 79.1 Å². The van der Waals surface area contributed by atoms with Gasteiger partial charge < -0.3 is 0 Å². The quantitative estimate of drug-likeness (QED) is 0.636. The first-order chi connectivity index (χ1) is 9.45. The maximum atomic E-state index is 3.31. The molecule has 0 bridgehead atoms. The van der Waals surface area contributed by atoms with Crippen LogP contribution < -0.4 is 9.97 Å². The topological polar surface area (TPSA) is 28.3 Å². The van der Waals surface area contributed by atoms with Gasteiger partial charge in [0.2, 0.25) is 5.92 Å². The van der Waals surface area contributed by atoms with Gasteiger partial charge in [0.05, 0.1) is 17.7 Å². The van der Waals surface area contributed by atoms with Crippen LogP contribution in [0.3, 0.4) is 0 Å². The van der Waals surface area contributed by atoms with Crippen LogP contribution >= 0.6 is 0 Å². The van der Waals surface area contributed by atoms with Crippen LogP contribution in [0.25, 0.3) is 0 Å². The van der Waals surface area contributed by atoms with Gasteiger partial charge in [0.15, 0.2) is 12.4 Å². The molecule has 0 radical (unpaired) electrons. The van der Waals surface area contributed by atoms with Gasteiger partial charge in [-0.3, -0.25) is 0 Å². The molecule has 0 saturated heterocycles. The molecular weight excluding hydrogens is 232 g/mol. The Labute approximate surface area is 112 Å². The number of benzene rings is 1. The standard InChI is InChI=1S/C17H13N2/c1-2-8-14(9-3-1)17(15-10-4-6-12-18-15)16-11-5-7-13-19-16/h1-13H/q+1/p+2. The number of hydrogen-bond acceptors (Lipinski definition) is 0. The Morgan fingerprint density at radius 3 is 1.58 bits per heavy atom. The van der Waals surface area contributed by atoms with Crippen molar-refractivity contribution in [3.8, 4) is 0 Å². The predicted molar refractivity (Wildman–Crippen MR) is 73.0 cm³/mol. The lowest BCUT2D eigenvalue weighted by atomic mass is 9.91. The van der Waals surface area contributed by atoms with E-state index in [1.54, 1.807) is 0 Å². The Morgan fingerprint density at radius 1 is 0.579 bits per heavy atom. The fraction of sp³-hybridized carbons (Fsp3) is 0. The molecule has 2 aromatic heterocycles. The van der Waals surface area contributed by atoms with Crippen molar-refractivity contribution in [1.29, 1.82) is 0 Å². The van der Waals surface area contributed by atoms with E-state index >= 15 is 0 Å². The molecule has 0 aliphatic carbocycles. The van der Waals surface area contributed by atoms with Crippen LogP contribution in [-0.4, -0.2) is 0 Å². The minimum atomic E-state index is 1.09. The van der Waals surface area contributed by atoms with E-state index in [2.05, 4.69) is 46.4 Å². The Morgan fingerprint density at radius 2 is 1.11 bits per heavy atom. The third kappa shape index (κ3) is 2.47. The van der Waals surface area contributed by atoms with Gasteiger partial charge in [0.25, 0.3) is 11.4 Å². The van der Waals surface area contributed by atoms with Crippen molar-refractivity contribution < 1.29 is 9.97 Å². The van der Waals surface area contributed by atoms with Crippen LogP contribution in [0.1, 0.15) is 17.0 Å². The Kier molecular flexibility index (Phi) is 3.24. The summed E-state index contributed by atoms with van der Waals surface area (Å²) in [6, 6.07) is 22.6. The van der Waals surface area contributed by atoms with E-state index in [1.165, 1.54) is 11.5 Å². The third-order valence-corrected chi connectivity index (χ3v) is 3.02. The first kappa shape index (κ1) is 11.5. The molecule has 1 aromatic carbocycles. The molecule has 0 amide bonds. The number of rotatable bonds is 3. The third-order valence-electron chi connectivity index (χ3n) is 3.02. The monoisotopic (exact) mass is 247 g/mol. The average Bonchev–Trinajstić information content (AvgIpc) is 2.51. The molecule has 2 N–H and O–H groups in total. The minimum absolute atomic E-state index is 1.09. The number of H-pyrrole nitrogens is 2. The summed E-state index contributed by atoms with van der Waals surface area (Å²) < 4.78 is 0. The zero-order valence-corrected chi connectivity index (χ0v) is 10.5. The molecule has 2 nitrogen and oxygen atoms in total. The molecule has 0 aliphatic heterocycles. The van der Waals surface area contributed by atoms with E-state index in [9.17, 15) is 0 Å². The van der Waals surface area contributed by atoms with Gasteiger partial charge in [-0.05, 0) is 30.3 Å². The van der Waals surface area contributed by atoms with Crippen molar-refractivity contribution in [3.05, 3.63) is 102 Å². The van der Waals surface area contributed by atoms with Gasteiger partial charge >= 0.3 is 0 Å². The molecule has 0 fully saturated rings. The van der Waals surface area contributed by atoms with Gasteiger partial charge in [0, 0.05) is 24.3 Å². The number of hydrogen-bond donors (Lipinski definition) is 0. The maximum absolute atomic E-state index is 3.31. The second-order valence-electron chi connectivity index (χ2n) is 4.29. The van der Waals surface area contributed by atoms with Gasteiger partial charge in [-0.2, -0.15) is 9.97 Å². The lowest BCUT2D eigenvalue weighted by molar-refractivity contribution is -0.401. The molecule has 90 valence electrons. The number of pyridine rings is 2. The zero-order chi connectivity index (χ0) is 12.9. The summed E-state index contributed by atoms with van der Waals surface area (Å²) in [7, 11) is 0. The number of nitrogens with one attached hydrogen (secondary N) is 2. The van der Waals surface area contributed by atoms with E-state index in [0.717, 1.165) is 11.4 Å². The molecule has 0 atom stereocenters. The van der Waals surface area contributed by atoms with Crippen molar-refractivity contribution in [2.45, 2.75) is 0 Å². The first-order valence-corrected chi connectivity index (χ1v) is 6.32. The highest BCUT2D eigenvalue weighted by atomic mass is 14.7. The summed E-state index contributed by atoms with van der Waals surface area (Å²) in [5.74, 6) is 1.17. The van der Waals surface area contributed by atoms with E-state index < -0.39 is 0 Å². The van der Waals surface area contributed by atoms with Gasteiger partial charge in [-0.1, -0.05) is 0 Å². The molecule has 0 saturated carbocycles. The molecule has 3 rings (SSSR count). The molecular formula is C17H15N2+3. The normalized spacial score (nSPS) is 10.1. The van der Waals surface area contributed by atoms with Crippen LogP contribution in [-0.2, 0) is 0 Å². The van der Waals surface area contributed by atoms with Crippen LogP contribution in [0.4, 0.5) is 0 Å². The summed E-state index contributed by atoms with van der Waals surface area (Å²) >= 11 is 0. The van der Waals surface area contributed by atoms with Crippen LogP contribution in [0.5, 0.6) is 0 Å². The average molecular weight is 247 g/mol. The molecule has 0 unspecified atom stereocenters. The predicted octanol–water partition coefficient (Wildman–Crippen LogP) is 2.33. The molecule has 19 heavy (non-hydrogen) atoms. The number of aromatic amines is 2. The Balaban J connectivity index is 2.12. The van der Waals surface area contributed by atoms with Crippen molar-refractivity contribution in [2.75, 3.05) is 0 Å². The second-order valence-corrected chi connectivity index (χ2v) is 4.29. The maximum Gasteiger partial charge on any atom is 0.284 e. The van der Waals surface area contributed by atoms with Crippen molar-refractivity contribution in [1.82, 2.24) is 0 Å². The zero-order valence-electron chi connectivity index (χ0n) is 10.5. The molecule has 2 heteroatoms. The molecule has 0 aliphatic rings. The highest BCUT2D eigenvalue weighted by Gasteiger charge is 2.33. The summed E-state index contributed by atoms with van der Waals surface area (Å²) in [4.78, 5) is 6.62. The number of aromatic nitrogens is 2. The van der Waals surface area contributed by atoms with Crippen molar-refractivity contribution in [2.24, 2.45) is 0 Å². The van der Waals surface area contributed by atoms with Gasteiger partial charge in [-0.15, -0.1) is 0 Å². The van der Waals surface area contributed by atoms with E-state index in [0.29, 0.717) is 0 Å². The lowest BCUT2D eigenvalue weighted by Crippen LogP contribution is -2.23. The second kappa shape index (κ2) is 5.36. The summed E-state index contributed by atoms with van der Waals surface area (Å²) in [5, 5.41) is 0. The summed E-state index contributed by atoms with van der Waals surface area (Å²) in [6.45, 7) is 0. The Bertz CT molecular complexity index is 527. The van der Waals surface area contributed by atoms with Crippen molar-refractivity contribution >= 4 is 0 Å². The van der Waals surface area contributed by atoms with E-state index in [4.69, 9.17) is 0 Å². The van der Waals surface area contributed by atoms with E-state index in [1.807, 2.05) is 42.7 Å². The van der Waals surface area contributed by atoms with Gasteiger partial charge in [0.1, 0.15) is 0 Å². The fourth-order valence-electron chi connectivity index (χ4n) is 2.16. The SMILES string of the molecule is c1ccc([C+](c2cccc[nH+]2)c2cccc[nH+]2)cc1. The van der Waals surface area contributed by atoms with Crippen molar-refractivity contribution in [3.63, 3.8) is 0 Å². The highest BCUT2D eigenvalue weighted by Crippen LogP contribution is 2.25. The molecule has 3 aromatic rings. The van der Waals surface area contributed by atoms with Gasteiger partial charge in [-0.25, -0.2) is 0 Å². The summed E-state index contributed by atoms with van der Waals surface area (Å²) in [5.41, 5.74) is 3.37. The first-order valence-electron chi connectivity index (χ1n) is 6.32. The Hall–Kier alpha value is -2.61. The smallest absolute Gasteiger partial charge is 0.197 e. The fourth-order valence-corrected chi connectivity index (χ4v) is 2.16.